The molecule has 1 amide bonds. The molecular formula is C15H17F3N2O. The first-order valence-electron chi connectivity index (χ1n) is 7.14. The summed E-state index contributed by atoms with van der Waals surface area (Å²) in [5, 5.41) is 3.46. The van der Waals surface area contributed by atoms with E-state index in [2.05, 4.69) is 5.32 Å². The molecule has 6 heteroatoms. The minimum atomic E-state index is -1.60. The molecule has 1 aromatic rings. The fraction of sp³-hybridized carbons (Fsp3) is 0.533. The molecule has 1 unspecified atom stereocenters. The zero-order chi connectivity index (χ0) is 15.1. The lowest BCUT2D eigenvalue weighted by Gasteiger charge is -2.35. The van der Waals surface area contributed by atoms with Crippen molar-refractivity contribution >= 4 is 5.91 Å². The second-order valence-electron chi connectivity index (χ2n) is 5.90. The Hall–Kier alpha value is -1.56. The second-order valence-corrected chi connectivity index (χ2v) is 5.90. The number of carbonyl (C=O) groups is 1. The van der Waals surface area contributed by atoms with E-state index in [1.807, 2.05) is 0 Å². The smallest absolute Gasteiger partial charge is 0.256 e. The first-order chi connectivity index (χ1) is 9.97. The zero-order valence-electron chi connectivity index (χ0n) is 11.7. The molecule has 21 heavy (non-hydrogen) atoms. The van der Waals surface area contributed by atoms with Gasteiger partial charge in [-0.3, -0.25) is 4.79 Å². The van der Waals surface area contributed by atoms with E-state index >= 15 is 0 Å². The Morgan fingerprint density at radius 2 is 1.76 bits per heavy atom. The number of halogens is 3. The van der Waals surface area contributed by atoms with E-state index in [-0.39, 0.29) is 6.04 Å². The Morgan fingerprint density at radius 1 is 1.14 bits per heavy atom. The van der Waals surface area contributed by atoms with Crippen molar-refractivity contribution in [3.05, 3.63) is 35.1 Å². The third kappa shape index (κ3) is 2.52. The van der Waals surface area contributed by atoms with E-state index in [0.29, 0.717) is 12.1 Å². The molecule has 1 aromatic carbocycles. The molecule has 2 aliphatic heterocycles. The van der Waals surface area contributed by atoms with Crippen LogP contribution in [-0.2, 0) is 0 Å². The number of rotatable bonds is 2. The van der Waals surface area contributed by atoms with E-state index in [1.165, 1.54) is 4.90 Å². The summed E-state index contributed by atoms with van der Waals surface area (Å²) in [7, 11) is 1.60. The summed E-state index contributed by atoms with van der Waals surface area (Å²) in [6.45, 7) is 0. The van der Waals surface area contributed by atoms with Crippen LogP contribution in [-0.4, -0.2) is 36.0 Å². The Bertz CT molecular complexity index is 566. The molecular weight excluding hydrogens is 281 g/mol. The molecule has 2 heterocycles. The Morgan fingerprint density at radius 3 is 2.38 bits per heavy atom. The number of amides is 1. The van der Waals surface area contributed by atoms with Gasteiger partial charge in [-0.1, -0.05) is 0 Å². The van der Waals surface area contributed by atoms with Gasteiger partial charge in [0.25, 0.3) is 5.91 Å². The first kappa shape index (κ1) is 14.4. The normalized spacial score (nSPS) is 27.7. The van der Waals surface area contributed by atoms with Crippen LogP contribution in [0, 0.1) is 17.5 Å². The van der Waals surface area contributed by atoms with Crippen molar-refractivity contribution in [3.8, 4) is 0 Å². The van der Waals surface area contributed by atoms with Gasteiger partial charge in [0, 0.05) is 25.2 Å². The lowest BCUT2D eigenvalue weighted by molar-refractivity contribution is 0.0675. The summed E-state index contributed by atoms with van der Waals surface area (Å²) in [5.41, 5.74) is -0.415. The van der Waals surface area contributed by atoms with Gasteiger partial charge in [-0.25, -0.2) is 13.2 Å². The predicted molar refractivity (Wildman–Crippen MR) is 71.4 cm³/mol. The minimum Gasteiger partial charge on any atom is -0.339 e. The quantitative estimate of drug-likeness (QED) is 0.851. The number of piperidine rings is 1. The molecule has 2 aliphatic rings. The van der Waals surface area contributed by atoms with Crippen LogP contribution in [0.1, 0.15) is 36.0 Å². The molecule has 3 nitrogen and oxygen atoms in total. The van der Waals surface area contributed by atoms with Gasteiger partial charge in [0.15, 0.2) is 17.5 Å². The van der Waals surface area contributed by atoms with E-state index in [9.17, 15) is 18.0 Å². The highest BCUT2D eigenvalue weighted by Gasteiger charge is 2.37. The van der Waals surface area contributed by atoms with Crippen LogP contribution in [0.15, 0.2) is 12.1 Å². The molecule has 0 aromatic heterocycles. The summed E-state index contributed by atoms with van der Waals surface area (Å²) in [6, 6.07) is 2.56. The SMILES string of the molecule is CN(C(=O)c1ccc(F)c(F)c1F)C1C[C@H]2CC[C@@H](C1)N2. The average Bonchev–Trinajstić information content (AvgIpc) is 2.82. The van der Waals surface area contributed by atoms with Gasteiger partial charge in [0.05, 0.1) is 5.56 Å². The number of hydrogen-bond donors (Lipinski definition) is 1. The summed E-state index contributed by atoms with van der Waals surface area (Å²) in [4.78, 5) is 13.8. The standard InChI is InChI=1S/C15H17F3N2O/c1-20(10-6-8-2-3-9(7-10)19-8)15(21)11-4-5-12(16)14(18)13(11)17/h4-5,8-10,19H,2-3,6-7H2,1H3/t8-,9+,10?. The average molecular weight is 298 g/mol. The van der Waals surface area contributed by atoms with Crippen molar-refractivity contribution in [1.82, 2.24) is 10.2 Å². The van der Waals surface area contributed by atoms with Crippen LogP contribution >= 0.6 is 0 Å². The van der Waals surface area contributed by atoms with Crippen LogP contribution in [0.5, 0.6) is 0 Å². The number of nitrogens with zero attached hydrogens (tertiary/aromatic N) is 1. The van der Waals surface area contributed by atoms with Crippen molar-refractivity contribution in [2.24, 2.45) is 0 Å². The third-order valence-electron chi connectivity index (χ3n) is 4.58. The Labute approximate surface area is 121 Å². The number of benzene rings is 1. The highest BCUT2D eigenvalue weighted by molar-refractivity contribution is 5.94. The van der Waals surface area contributed by atoms with Gasteiger partial charge >= 0.3 is 0 Å². The third-order valence-corrected chi connectivity index (χ3v) is 4.58. The van der Waals surface area contributed by atoms with Gasteiger partial charge in [0.1, 0.15) is 0 Å². The number of fused-ring (bicyclic) bond motifs is 2. The highest BCUT2D eigenvalue weighted by atomic mass is 19.2. The van der Waals surface area contributed by atoms with Crippen molar-refractivity contribution in [1.29, 1.82) is 0 Å². The van der Waals surface area contributed by atoms with Crippen LogP contribution in [0.25, 0.3) is 0 Å². The fourth-order valence-electron chi connectivity index (χ4n) is 3.39. The number of hydrogen-bond acceptors (Lipinski definition) is 2. The van der Waals surface area contributed by atoms with Crippen LogP contribution < -0.4 is 5.32 Å². The van der Waals surface area contributed by atoms with Gasteiger partial charge < -0.3 is 10.2 Å². The lowest BCUT2D eigenvalue weighted by atomic mass is 9.98. The molecule has 3 atom stereocenters. The molecule has 0 aliphatic carbocycles. The van der Waals surface area contributed by atoms with E-state index in [4.69, 9.17) is 0 Å². The monoisotopic (exact) mass is 298 g/mol. The molecule has 2 saturated heterocycles. The van der Waals surface area contributed by atoms with Crippen LogP contribution in [0.3, 0.4) is 0 Å². The van der Waals surface area contributed by atoms with E-state index in [1.54, 1.807) is 7.05 Å². The summed E-state index contributed by atoms with van der Waals surface area (Å²) in [5.74, 6) is -4.90. The van der Waals surface area contributed by atoms with Crippen molar-refractivity contribution in [2.45, 2.75) is 43.8 Å². The molecule has 0 saturated carbocycles. The van der Waals surface area contributed by atoms with E-state index in [0.717, 1.165) is 37.8 Å². The zero-order valence-corrected chi connectivity index (χ0v) is 11.7. The topological polar surface area (TPSA) is 32.3 Å². The van der Waals surface area contributed by atoms with Gasteiger partial charge in [-0.05, 0) is 37.8 Å². The molecule has 2 fully saturated rings. The molecule has 0 radical (unpaired) electrons. The first-order valence-corrected chi connectivity index (χ1v) is 7.14. The Kier molecular flexibility index (Phi) is 3.65. The molecule has 0 spiro atoms. The summed E-state index contributed by atoms with van der Waals surface area (Å²) in [6.07, 6.45) is 3.79. The highest BCUT2D eigenvalue weighted by Crippen LogP contribution is 2.30. The molecule has 2 bridgehead atoms. The molecule has 114 valence electrons. The largest absolute Gasteiger partial charge is 0.339 e. The maximum atomic E-state index is 13.7. The van der Waals surface area contributed by atoms with Gasteiger partial charge in [-0.2, -0.15) is 0 Å². The Balaban J connectivity index is 1.80. The fourth-order valence-corrected chi connectivity index (χ4v) is 3.39. The van der Waals surface area contributed by atoms with Crippen molar-refractivity contribution in [3.63, 3.8) is 0 Å². The van der Waals surface area contributed by atoms with Gasteiger partial charge in [-0.15, -0.1) is 0 Å². The van der Waals surface area contributed by atoms with E-state index < -0.39 is 28.9 Å². The minimum absolute atomic E-state index is 0.00349. The lowest BCUT2D eigenvalue weighted by Crippen LogP contribution is -2.48. The second kappa shape index (κ2) is 5.33. The van der Waals surface area contributed by atoms with Crippen molar-refractivity contribution in [2.75, 3.05) is 7.05 Å². The molecule has 1 N–H and O–H groups in total. The summed E-state index contributed by atoms with van der Waals surface area (Å²) < 4.78 is 39.9. The number of nitrogens with one attached hydrogen (secondary N) is 1. The maximum Gasteiger partial charge on any atom is 0.256 e. The molecule has 3 rings (SSSR count). The predicted octanol–water partition coefficient (Wildman–Crippen LogP) is 2.46. The number of carbonyl (C=O) groups excluding carboxylic acids is 1. The maximum absolute atomic E-state index is 13.7. The van der Waals surface area contributed by atoms with Crippen LogP contribution in [0.4, 0.5) is 13.2 Å². The van der Waals surface area contributed by atoms with Gasteiger partial charge in [0.2, 0.25) is 0 Å². The van der Waals surface area contributed by atoms with Crippen molar-refractivity contribution < 1.29 is 18.0 Å². The summed E-state index contributed by atoms with van der Waals surface area (Å²) >= 11 is 0. The van der Waals surface area contributed by atoms with Crippen LogP contribution in [0.2, 0.25) is 0 Å².